The summed E-state index contributed by atoms with van der Waals surface area (Å²) >= 11 is 5.76. The number of aromatic nitrogens is 1. The van der Waals surface area contributed by atoms with Crippen LogP contribution in [-0.4, -0.2) is 4.98 Å². The molecule has 0 bridgehead atoms. The van der Waals surface area contributed by atoms with E-state index < -0.39 is 6.01 Å². The molecule has 0 aliphatic carbocycles. The first-order chi connectivity index (χ1) is 7.20. The molecule has 0 aliphatic rings. The first kappa shape index (κ1) is 10.2. The summed E-state index contributed by atoms with van der Waals surface area (Å²) in [5.41, 5.74) is 2.31. The van der Waals surface area contributed by atoms with Gasteiger partial charge in [-0.3, -0.25) is 4.98 Å². The van der Waals surface area contributed by atoms with E-state index in [0.29, 0.717) is 11.5 Å². The second-order valence-corrected chi connectivity index (χ2v) is 3.45. The average molecular weight is 226 g/mol. The number of halogens is 2. The van der Waals surface area contributed by atoms with Crippen LogP contribution in [0.3, 0.4) is 0 Å². The molecule has 0 fully saturated rings. The fourth-order valence-corrected chi connectivity index (χ4v) is 1.60. The van der Waals surface area contributed by atoms with E-state index in [1.54, 1.807) is 6.07 Å². The summed E-state index contributed by atoms with van der Waals surface area (Å²) in [7, 11) is 0. The number of pyridine rings is 1. The van der Waals surface area contributed by atoms with E-state index >= 15 is 0 Å². The molecule has 0 saturated carbocycles. The Hall–Kier alpha value is -1.35. The maximum absolute atomic E-state index is 12.7. The lowest BCUT2D eigenvalue weighted by Gasteiger charge is -2.03. The Morgan fingerprint density at radius 1 is 1.33 bits per heavy atom. The Labute approximate surface area is 91.7 Å². The predicted octanol–water partition coefficient (Wildman–Crippen LogP) is 3.53. The van der Waals surface area contributed by atoms with Gasteiger partial charge in [-0.2, -0.15) is 4.39 Å². The monoisotopic (exact) mass is 225 g/mol. The normalized spacial score (nSPS) is 10.6. The lowest BCUT2D eigenvalue weighted by molar-refractivity contribution is 0.367. The van der Waals surface area contributed by atoms with Gasteiger partial charge in [-0.25, -0.2) is 0 Å². The fraction of sp³-hybridized carbons (Fsp3) is 0.182. The Morgan fingerprint density at radius 3 is 2.73 bits per heavy atom. The number of hydrogen-bond donors (Lipinski definition) is 0. The van der Waals surface area contributed by atoms with E-state index in [4.69, 9.17) is 16.0 Å². The molecule has 0 atom stereocenters. The number of furan rings is 1. The van der Waals surface area contributed by atoms with Gasteiger partial charge in [0.15, 0.2) is 0 Å². The topological polar surface area (TPSA) is 26.0 Å². The molecule has 0 amide bonds. The summed E-state index contributed by atoms with van der Waals surface area (Å²) in [6.07, 6.45) is 0. The number of alkyl halides is 1. The molecule has 0 radical (unpaired) electrons. The maximum atomic E-state index is 12.7. The van der Waals surface area contributed by atoms with Crippen LogP contribution in [0.5, 0.6) is 0 Å². The summed E-state index contributed by atoms with van der Waals surface area (Å²) in [6.45, 7) is 1.88. The summed E-state index contributed by atoms with van der Waals surface area (Å²) in [6, 6.07) is 5.90. The molecule has 0 aliphatic heterocycles. The molecule has 0 aromatic carbocycles. The summed E-state index contributed by atoms with van der Waals surface area (Å²) in [5, 5.41) is 0. The van der Waals surface area contributed by atoms with Gasteiger partial charge in [0.1, 0.15) is 5.76 Å². The molecule has 2 nitrogen and oxygen atoms in total. The largest absolute Gasteiger partial charge is 0.431 e. The zero-order chi connectivity index (χ0) is 10.8. The van der Waals surface area contributed by atoms with Crippen LogP contribution in [0.2, 0.25) is 0 Å². The van der Waals surface area contributed by atoms with Crippen molar-refractivity contribution in [2.45, 2.75) is 12.8 Å². The number of rotatable bonds is 2. The predicted molar refractivity (Wildman–Crippen MR) is 56.2 cm³/mol. The Balaban J connectivity index is 2.52. The highest BCUT2D eigenvalue weighted by atomic mass is 35.5. The van der Waals surface area contributed by atoms with E-state index in [0.717, 1.165) is 11.3 Å². The van der Waals surface area contributed by atoms with Gasteiger partial charge in [0, 0.05) is 17.3 Å². The standard InChI is InChI=1S/C11H9ClFNO/c1-7-2-3-8(9(6-12)14-7)10-4-5-11(13)15-10/h2-5H,6H2,1H3. The molecule has 2 aromatic heterocycles. The SMILES string of the molecule is Cc1ccc(-c2ccc(F)o2)c(CCl)n1. The zero-order valence-corrected chi connectivity index (χ0v) is 8.88. The highest BCUT2D eigenvalue weighted by molar-refractivity contribution is 6.17. The third-order valence-electron chi connectivity index (χ3n) is 2.08. The van der Waals surface area contributed by atoms with Crippen molar-refractivity contribution < 1.29 is 8.81 Å². The first-order valence-corrected chi connectivity index (χ1v) is 5.02. The van der Waals surface area contributed by atoms with Crippen LogP contribution in [0, 0.1) is 12.9 Å². The van der Waals surface area contributed by atoms with Gasteiger partial charge < -0.3 is 4.42 Å². The quantitative estimate of drug-likeness (QED) is 0.731. The molecule has 0 N–H and O–H groups in total. The Kier molecular flexibility index (Phi) is 2.73. The smallest absolute Gasteiger partial charge is 0.278 e. The van der Waals surface area contributed by atoms with Gasteiger partial charge in [-0.15, -0.1) is 11.6 Å². The van der Waals surface area contributed by atoms with Crippen LogP contribution < -0.4 is 0 Å². The molecule has 0 spiro atoms. The van der Waals surface area contributed by atoms with Crippen molar-refractivity contribution in [1.29, 1.82) is 0 Å². The van der Waals surface area contributed by atoms with Crippen LogP contribution >= 0.6 is 11.6 Å². The van der Waals surface area contributed by atoms with Crippen molar-refractivity contribution in [3.8, 4) is 11.3 Å². The van der Waals surface area contributed by atoms with E-state index in [1.165, 1.54) is 6.07 Å². The minimum Gasteiger partial charge on any atom is -0.431 e. The van der Waals surface area contributed by atoms with Crippen molar-refractivity contribution in [3.05, 3.63) is 41.7 Å². The van der Waals surface area contributed by atoms with Crippen LogP contribution in [0.4, 0.5) is 4.39 Å². The molecular weight excluding hydrogens is 217 g/mol. The molecule has 2 aromatic rings. The van der Waals surface area contributed by atoms with Crippen molar-refractivity contribution in [3.63, 3.8) is 0 Å². The van der Waals surface area contributed by atoms with Gasteiger partial charge in [0.25, 0.3) is 6.01 Å². The lowest BCUT2D eigenvalue weighted by atomic mass is 10.1. The molecule has 2 rings (SSSR count). The molecule has 15 heavy (non-hydrogen) atoms. The van der Waals surface area contributed by atoms with Crippen molar-refractivity contribution in [1.82, 2.24) is 4.98 Å². The molecule has 0 saturated heterocycles. The fourth-order valence-electron chi connectivity index (χ4n) is 1.40. The third kappa shape index (κ3) is 2.02. The molecule has 78 valence electrons. The number of hydrogen-bond acceptors (Lipinski definition) is 2. The van der Waals surface area contributed by atoms with Gasteiger partial charge in [0.2, 0.25) is 0 Å². The van der Waals surface area contributed by atoms with E-state index in [1.807, 2.05) is 19.1 Å². The summed E-state index contributed by atoms with van der Waals surface area (Å²) < 4.78 is 17.6. The minimum atomic E-state index is -0.605. The van der Waals surface area contributed by atoms with Crippen LogP contribution in [0.25, 0.3) is 11.3 Å². The highest BCUT2D eigenvalue weighted by Crippen LogP contribution is 2.25. The summed E-state index contributed by atoms with van der Waals surface area (Å²) in [4.78, 5) is 4.26. The molecular formula is C11H9ClFNO. The Bertz CT molecular complexity index is 481. The van der Waals surface area contributed by atoms with Gasteiger partial charge in [0.05, 0.1) is 11.6 Å². The van der Waals surface area contributed by atoms with Crippen LogP contribution in [0.1, 0.15) is 11.4 Å². The number of aryl methyl sites for hydroxylation is 1. The average Bonchev–Trinajstić information content (AvgIpc) is 2.64. The molecule has 4 heteroatoms. The van der Waals surface area contributed by atoms with Crippen LogP contribution in [0.15, 0.2) is 28.7 Å². The molecule has 0 unspecified atom stereocenters. The lowest BCUT2D eigenvalue weighted by Crippen LogP contribution is -1.92. The van der Waals surface area contributed by atoms with Gasteiger partial charge >= 0.3 is 0 Å². The number of nitrogens with zero attached hydrogens (tertiary/aromatic N) is 1. The zero-order valence-electron chi connectivity index (χ0n) is 8.13. The van der Waals surface area contributed by atoms with E-state index in [2.05, 4.69) is 4.98 Å². The van der Waals surface area contributed by atoms with Crippen LogP contribution in [-0.2, 0) is 5.88 Å². The maximum Gasteiger partial charge on any atom is 0.278 e. The minimum absolute atomic E-state index is 0.277. The van der Waals surface area contributed by atoms with Crippen molar-refractivity contribution >= 4 is 11.6 Å². The second-order valence-electron chi connectivity index (χ2n) is 3.18. The Morgan fingerprint density at radius 2 is 2.13 bits per heavy atom. The summed E-state index contributed by atoms with van der Waals surface area (Å²) in [5.74, 6) is 0.731. The van der Waals surface area contributed by atoms with E-state index in [9.17, 15) is 4.39 Å². The first-order valence-electron chi connectivity index (χ1n) is 4.49. The van der Waals surface area contributed by atoms with Gasteiger partial charge in [-0.1, -0.05) is 0 Å². The van der Waals surface area contributed by atoms with Gasteiger partial charge in [-0.05, 0) is 25.1 Å². The van der Waals surface area contributed by atoms with Crippen molar-refractivity contribution in [2.75, 3.05) is 0 Å². The van der Waals surface area contributed by atoms with Crippen molar-refractivity contribution in [2.24, 2.45) is 0 Å². The van der Waals surface area contributed by atoms with E-state index in [-0.39, 0.29) is 5.88 Å². The highest BCUT2D eigenvalue weighted by Gasteiger charge is 2.10. The third-order valence-corrected chi connectivity index (χ3v) is 2.33. The molecule has 2 heterocycles. The second kappa shape index (κ2) is 4.03.